The largest absolute Gasteiger partial charge is 0.410 e. The number of hydrogen-bond donors (Lipinski definition) is 1. The van der Waals surface area contributed by atoms with Crippen molar-refractivity contribution in [2.45, 2.75) is 65.2 Å². The van der Waals surface area contributed by atoms with Crippen molar-refractivity contribution in [3.63, 3.8) is 0 Å². The van der Waals surface area contributed by atoms with E-state index in [2.05, 4.69) is 76.8 Å². The average molecular weight is 501 g/mol. The van der Waals surface area contributed by atoms with Gasteiger partial charge in [0.2, 0.25) is 0 Å². The molecule has 0 unspecified atom stereocenters. The molecule has 1 saturated carbocycles. The van der Waals surface area contributed by atoms with Crippen LogP contribution in [0.1, 0.15) is 56.1 Å². The molecule has 3 nitrogen and oxygen atoms in total. The topological polar surface area (TPSA) is 35.8 Å². The number of nitrogens with zero attached hydrogens (tertiary/aromatic N) is 2. The molecule has 2 aliphatic carbocycles. The van der Waals surface area contributed by atoms with E-state index in [1.54, 1.807) is 0 Å². The summed E-state index contributed by atoms with van der Waals surface area (Å²) in [6, 6.07) is 24.2. The summed E-state index contributed by atoms with van der Waals surface area (Å²) in [5.74, 6) is 0. The van der Waals surface area contributed by atoms with Crippen LogP contribution in [0.5, 0.6) is 0 Å². The molecule has 3 aliphatic rings. The molecule has 1 saturated heterocycles. The number of rotatable bonds is 5. The first-order valence-corrected chi connectivity index (χ1v) is 14.7. The Morgan fingerprint density at radius 3 is 1.80 bits per heavy atom. The number of benzene rings is 3. The summed E-state index contributed by atoms with van der Waals surface area (Å²) in [6.07, 6.45) is 9.07. The van der Waals surface area contributed by atoms with Gasteiger partial charge < -0.3 is 10.1 Å². The molecule has 35 heavy (non-hydrogen) atoms. The molecule has 5 heteroatoms. The summed E-state index contributed by atoms with van der Waals surface area (Å²) in [7, 11) is 0. The van der Waals surface area contributed by atoms with Gasteiger partial charge in [-0.05, 0) is 73.2 Å². The summed E-state index contributed by atoms with van der Waals surface area (Å²) in [5, 5.41) is 15.1. The Morgan fingerprint density at radius 2 is 1.23 bits per heavy atom. The standard InChI is InChI=1S/C30H32N2OS2/c33-31-30-28-19-24(34-22-9-5-2-6-10-22)11-13-26(28)27-14-12-25(20-29(27)30)35-23-15-17-32(18-16-23)21-7-3-1-4-8-21/h1,3-4,7-8,11-14,19-20,22-23,33H,2,5-6,9-10,15-18H2/b31-30-. The normalized spacial score (nSPS) is 19.7. The van der Waals surface area contributed by atoms with Crippen molar-refractivity contribution in [1.29, 1.82) is 0 Å². The second-order valence-corrected chi connectivity index (χ2v) is 12.6. The molecule has 3 aromatic carbocycles. The van der Waals surface area contributed by atoms with Gasteiger partial charge >= 0.3 is 0 Å². The van der Waals surface area contributed by atoms with Gasteiger partial charge in [0.15, 0.2) is 0 Å². The van der Waals surface area contributed by atoms with E-state index in [0.29, 0.717) is 5.25 Å². The first kappa shape index (κ1) is 23.1. The highest BCUT2D eigenvalue weighted by Gasteiger charge is 2.28. The van der Waals surface area contributed by atoms with Crippen molar-refractivity contribution in [3.8, 4) is 11.1 Å². The summed E-state index contributed by atoms with van der Waals surface area (Å²) in [6.45, 7) is 2.20. The number of anilines is 1. The summed E-state index contributed by atoms with van der Waals surface area (Å²) in [4.78, 5) is 5.06. The van der Waals surface area contributed by atoms with Crippen LogP contribution in [0.15, 0.2) is 81.7 Å². The van der Waals surface area contributed by atoms with E-state index in [1.165, 1.54) is 71.6 Å². The predicted molar refractivity (Wildman–Crippen MR) is 150 cm³/mol. The Bertz CT molecular complexity index is 1210. The van der Waals surface area contributed by atoms with Crippen LogP contribution in [0.25, 0.3) is 11.1 Å². The van der Waals surface area contributed by atoms with Crippen LogP contribution < -0.4 is 4.90 Å². The van der Waals surface area contributed by atoms with Gasteiger partial charge in [0.1, 0.15) is 5.71 Å². The first-order valence-electron chi connectivity index (χ1n) is 12.9. The lowest BCUT2D eigenvalue weighted by atomic mass is 10.0. The third-order valence-corrected chi connectivity index (χ3v) is 10.3. The fourth-order valence-electron chi connectivity index (χ4n) is 5.75. The van der Waals surface area contributed by atoms with Crippen LogP contribution in [0.4, 0.5) is 5.69 Å². The van der Waals surface area contributed by atoms with E-state index in [1.807, 2.05) is 23.5 Å². The van der Waals surface area contributed by atoms with E-state index in [-0.39, 0.29) is 0 Å². The Hall–Kier alpha value is -2.37. The molecule has 0 atom stereocenters. The van der Waals surface area contributed by atoms with Gasteiger partial charge in [0, 0.05) is 50.2 Å². The molecule has 0 radical (unpaired) electrons. The minimum Gasteiger partial charge on any atom is -0.410 e. The molecule has 2 fully saturated rings. The molecule has 1 aliphatic heterocycles. The van der Waals surface area contributed by atoms with Gasteiger partial charge in [-0.2, -0.15) is 0 Å². The second kappa shape index (κ2) is 10.3. The predicted octanol–water partition coefficient (Wildman–Crippen LogP) is 8.08. The van der Waals surface area contributed by atoms with Crippen molar-refractivity contribution in [1.82, 2.24) is 0 Å². The maximum absolute atomic E-state index is 9.99. The fourth-order valence-corrected chi connectivity index (χ4v) is 8.20. The SMILES string of the molecule is O/N=C1/c2cc(SC3CCCCC3)ccc2-c2ccc(SC3CCN(c4ccccc4)CC3)cc21. The van der Waals surface area contributed by atoms with Crippen molar-refractivity contribution in [2.24, 2.45) is 5.16 Å². The van der Waals surface area contributed by atoms with Crippen LogP contribution in [0, 0.1) is 0 Å². The van der Waals surface area contributed by atoms with Crippen LogP contribution in [0.2, 0.25) is 0 Å². The van der Waals surface area contributed by atoms with Crippen molar-refractivity contribution < 1.29 is 5.21 Å². The smallest absolute Gasteiger partial charge is 0.118 e. The Balaban J connectivity index is 1.16. The molecule has 6 rings (SSSR count). The minimum absolute atomic E-state index is 0.616. The molecule has 0 spiro atoms. The average Bonchev–Trinajstić information content (AvgIpc) is 3.22. The van der Waals surface area contributed by atoms with Gasteiger partial charge in [-0.25, -0.2) is 0 Å². The second-order valence-electron chi connectivity index (χ2n) is 9.88. The monoisotopic (exact) mass is 500 g/mol. The highest BCUT2D eigenvalue weighted by molar-refractivity contribution is 8.00. The Morgan fingerprint density at radius 1 is 0.657 bits per heavy atom. The summed E-state index contributed by atoms with van der Waals surface area (Å²) >= 11 is 3.98. The van der Waals surface area contributed by atoms with Gasteiger partial charge in [-0.15, -0.1) is 23.5 Å². The molecular formula is C30H32N2OS2. The van der Waals surface area contributed by atoms with Gasteiger partial charge in [0.05, 0.1) is 0 Å². The van der Waals surface area contributed by atoms with E-state index >= 15 is 0 Å². The molecule has 0 bridgehead atoms. The van der Waals surface area contributed by atoms with Crippen molar-refractivity contribution in [3.05, 3.63) is 77.9 Å². The van der Waals surface area contributed by atoms with E-state index in [9.17, 15) is 5.21 Å². The first-order chi connectivity index (χ1) is 17.3. The Labute approximate surface area is 217 Å². The lowest BCUT2D eigenvalue weighted by molar-refractivity contribution is 0.320. The number of piperidine rings is 1. The molecule has 1 N–H and O–H groups in total. The maximum Gasteiger partial charge on any atom is 0.118 e. The Kier molecular flexibility index (Phi) is 6.80. The van der Waals surface area contributed by atoms with Crippen LogP contribution in [0.3, 0.4) is 0 Å². The summed E-state index contributed by atoms with van der Waals surface area (Å²) in [5.41, 5.74) is 6.56. The van der Waals surface area contributed by atoms with Crippen molar-refractivity contribution >= 4 is 34.9 Å². The van der Waals surface area contributed by atoms with Crippen LogP contribution in [-0.4, -0.2) is 34.5 Å². The third kappa shape index (κ3) is 4.85. The molecule has 180 valence electrons. The number of thioether (sulfide) groups is 2. The molecule has 1 heterocycles. The zero-order valence-electron chi connectivity index (χ0n) is 20.0. The maximum atomic E-state index is 9.99. The minimum atomic E-state index is 0.616. The zero-order valence-corrected chi connectivity index (χ0v) is 21.7. The number of oxime groups is 1. The molecule has 0 amide bonds. The summed E-state index contributed by atoms with van der Waals surface area (Å²) < 4.78 is 0. The number of fused-ring (bicyclic) bond motifs is 3. The van der Waals surface area contributed by atoms with Crippen LogP contribution >= 0.6 is 23.5 Å². The van der Waals surface area contributed by atoms with Crippen LogP contribution in [-0.2, 0) is 0 Å². The van der Waals surface area contributed by atoms with E-state index < -0.39 is 0 Å². The lowest BCUT2D eigenvalue weighted by Crippen LogP contribution is -2.34. The highest BCUT2D eigenvalue weighted by Crippen LogP contribution is 2.43. The van der Waals surface area contributed by atoms with Crippen molar-refractivity contribution in [2.75, 3.05) is 18.0 Å². The van der Waals surface area contributed by atoms with Gasteiger partial charge in [-0.1, -0.05) is 54.8 Å². The van der Waals surface area contributed by atoms with Gasteiger partial charge in [0.25, 0.3) is 0 Å². The highest BCUT2D eigenvalue weighted by atomic mass is 32.2. The van der Waals surface area contributed by atoms with Gasteiger partial charge in [-0.3, -0.25) is 0 Å². The van der Waals surface area contributed by atoms with E-state index in [0.717, 1.165) is 35.2 Å². The molecule has 3 aromatic rings. The zero-order chi connectivity index (χ0) is 23.6. The fraction of sp³-hybridized carbons (Fsp3) is 0.367. The molecular weight excluding hydrogens is 468 g/mol. The number of para-hydroxylation sites is 1. The molecule has 0 aromatic heterocycles. The number of hydrogen-bond acceptors (Lipinski definition) is 5. The third-order valence-electron chi connectivity index (χ3n) is 7.60. The van der Waals surface area contributed by atoms with E-state index in [4.69, 9.17) is 0 Å². The lowest BCUT2D eigenvalue weighted by Gasteiger charge is -2.33. The quantitative estimate of drug-likeness (QED) is 0.222.